The molecule has 7 heteroatoms. The molecule has 27 heavy (non-hydrogen) atoms. The van der Waals surface area contributed by atoms with Gasteiger partial charge in [0.15, 0.2) is 0 Å². The first-order valence-corrected chi connectivity index (χ1v) is 9.15. The average Bonchev–Trinajstić information content (AvgIpc) is 2.65. The van der Waals surface area contributed by atoms with Crippen LogP contribution in [0.25, 0.3) is 0 Å². The van der Waals surface area contributed by atoms with Gasteiger partial charge in [-0.1, -0.05) is 20.8 Å². The summed E-state index contributed by atoms with van der Waals surface area (Å²) in [4.78, 5) is 20.2. The van der Waals surface area contributed by atoms with E-state index in [1.165, 1.54) is 12.3 Å². The van der Waals surface area contributed by atoms with Crippen LogP contribution in [0.2, 0.25) is 0 Å². The third kappa shape index (κ3) is 4.78. The Kier molecular flexibility index (Phi) is 6.82. The van der Waals surface area contributed by atoms with Gasteiger partial charge >= 0.3 is 5.97 Å². The second-order valence-corrected chi connectivity index (χ2v) is 6.53. The Morgan fingerprint density at radius 2 is 1.93 bits per heavy atom. The molecular formula is C20H25F2N3O2. The highest BCUT2D eigenvalue weighted by molar-refractivity contribution is 5.67. The first-order valence-electron chi connectivity index (χ1n) is 9.15. The van der Waals surface area contributed by atoms with E-state index >= 15 is 0 Å². The maximum Gasteiger partial charge on any atom is 0.303 e. The number of carboxylic acid groups (broad SMARTS) is 1. The molecule has 146 valence electrons. The maximum absolute atomic E-state index is 13.9. The van der Waals surface area contributed by atoms with Crippen LogP contribution in [-0.2, 0) is 16.6 Å². The summed E-state index contributed by atoms with van der Waals surface area (Å²) in [6.45, 7) is 5.98. The minimum atomic E-state index is -0.852. The van der Waals surface area contributed by atoms with E-state index < -0.39 is 23.0 Å². The van der Waals surface area contributed by atoms with E-state index in [0.717, 1.165) is 23.5 Å². The monoisotopic (exact) mass is 377 g/mol. The second kappa shape index (κ2) is 8.88. The van der Waals surface area contributed by atoms with E-state index in [9.17, 15) is 13.6 Å². The van der Waals surface area contributed by atoms with Crippen molar-refractivity contribution >= 4 is 17.5 Å². The molecule has 0 amide bonds. The molecule has 0 unspecified atom stereocenters. The quantitative estimate of drug-likeness (QED) is 0.644. The lowest BCUT2D eigenvalue weighted by atomic mass is 9.74. The topological polar surface area (TPSA) is 75.1 Å². The number of halogens is 2. The van der Waals surface area contributed by atoms with Crippen molar-refractivity contribution in [3.63, 3.8) is 0 Å². The summed E-state index contributed by atoms with van der Waals surface area (Å²) in [7, 11) is 0. The molecule has 0 aliphatic rings. The molecule has 1 aromatic heterocycles. The lowest BCUT2D eigenvalue weighted by molar-refractivity contribution is -0.137. The number of anilines is 2. The zero-order chi connectivity index (χ0) is 20.0. The van der Waals surface area contributed by atoms with Crippen molar-refractivity contribution in [3.8, 4) is 0 Å². The summed E-state index contributed by atoms with van der Waals surface area (Å²) in [5.41, 5.74) is 1.22. The van der Waals surface area contributed by atoms with E-state index in [-0.39, 0.29) is 12.1 Å². The Morgan fingerprint density at radius 1 is 1.22 bits per heavy atom. The van der Waals surface area contributed by atoms with E-state index in [4.69, 9.17) is 5.11 Å². The average molecular weight is 377 g/mol. The van der Waals surface area contributed by atoms with E-state index in [1.54, 1.807) is 0 Å². The Balaban J connectivity index is 2.44. The summed E-state index contributed by atoms with van der Waals surface area (Å²) in [6, 6.07) is 3.26. The van der Waals surface area contributed by atoms with Gasteiger partial charge in [-0.15, -0.1) is 0 Å². The van der Waals surface area contributed by atoms with Crippen molar-refractivity contribution in [2.24, 2.45) is 0 Å². The summed E-state index contributed by atoms with van der Waals surface area (Å²) in [5, 5.41) is 12.0. The Morgan fingerprint density at radius 3 is 2.48 bits per heavy atom. The molecule has 0 spiro atoms. The van der Waals surface area contributed by atoms with Crippen molar-refractivity contribution in [2.45, 2.75) is 58.3 Å². The fourth-order valence-electron chi connectivity index (χ4n) is 3.29. The first-order chi connectivity index (χ1) is 12.8. The molecule has 2 aromatic rings. The molecule has 1 aromatic carbocycles. The molecule has 2 rings (SSSR count). The number of hydrogen-bond donors (Lipinski definition) is 2. The summed E-state index contributed by atoms with van der Waals surface area (Å²) in [5.74, 6) is -1.89. The Labute approximate surface area is 157 Å². The SMILES string of the molecule is CCc1ncc(Nc2ccc(F)cc2F)nc1C(CC)(CC)CCC(=O)O. The third-order valence-corrected chi connectivity index (χ3v) is 5.05. The fraction of sp³-hybridized carbons (Fsp3) is 0.450. The van der Waals surface area contributed by atoms with Crippen molar-refractivity contribution < 1.29 is 18.7 Å². The van der Waals surface area contributed by atoms with Crippen molar-refractivity contribution in [3.05, 3.63) is 47.4 Å². The smallest absolute Gasteiger partial charge is 0.303 e. The lowest BCUT2D eigenvalue weighted by Crippen LogP contribution is -2.29. The van der Waals surface area contributed by atoms with Gasteiger partial charge in [-0.05, 0) is 37.8 Å². The maximum atomic E-state index is 13.9. The van der Waals surface area contributed by atoms with Crippen LogP contribution < -0.4 is 5.32 Å². The fourth-order valence-corrected chi connectivity index (χ4v) is 3.29. The normalized spacial score (nSPS) is 11.4. The van der Waals surface area contributed by atoms with Crippen LogP contribution in [0, 0.1) is 11.6 Å². The number of hydrogen-bond acceptors (Lipinski definition) is 4. The Bertz CT molecular complexity index is 808. The van der Waals surface area contributed by atoms with Gasteiger partial charge in [0.05, 0.1) is 23.3 Å². The van der Waals surface area contributed by atoms with Crippen LogP contribution in [0.1, 0.15) is 57.8 Å². The number of aryl methyl sites for hydroxylation is 1. The Hall–Kier alpha value is -2.57. The number of benzene rings is 1. The number of nitrogens with one attached hydrogen (secondary N) is 1. The van der Waals surface area contributed by atoms with Gasteiger partial charge in [0.1, 0.15) is 17.5 Å². The van der Waals surface area contributed by atoms with Crippen molar-refractivity contribution in [1.82, 2.24) is 9.97 Å². The summed E-state index contributed by atoms with van der Waals surface area (Å²) >= 11 is 0. The minimum absolute atomic E-state index is 0.0385. The molecule has 0 radical (unpaired) electrons. The van der Waals surface area contributed by atoms with E-state index in [0.29, 0.717) is 31.5 Å². The highest BCUT2D eigenvalue weighted by Crippen LogP contribution is 2.37. The van der Waals surface area contributed by atoms with Crippen LogP contribution in [-0.4, -0.2) is 21.0 Å². The predicted octanol–water partition coefficient (Wildman–Crippen LogP) is 4.98. The summed E-state index contributed by atoms with van der Waals surface area (Å²) < 4.78 is 27.0. The molecule has 0 saturated heterocycles. The van der Waals surface area contributed by atoms with Crippen molar-refractivity contribution in [2.75, 3.05) is 5.32 Å². The predicted molar refractivity (Wildman–Crippen MR) is 100 cm³/mol. The highest BCUT2D eigenvalue weighted by Gasteiger charge is 2.33. The molecule has 0 aliphatic heterocycles. The molecular weight excluding hydrogens is 352 g/mol. The van der Waals surface area contributed by atoms with Crippen LogP contribution in [0.5, 0.6) is 0 Å². The van der Waals surface area contributed by atoms with Crippen LogP contribution in [0.4, 0.5) is 20.3 Å². The van der Waals surface area contributed by atoms with Gasteiger partial charge in [0, 0.05) is 17.9 Å². The molecule has 0 aliphatic carbocycles. The highest BCUT2D eigenvalue weighted by atomic mass is 19.1. The zero-order valence-electron chi connectivity index (χ0n) is 15.9. The summed E-state index contributed by atoms with van der Waals surface area (Å²) in [6.07, 6.45) is 4.09. The first kappa shape index (κ1) is 20.7. The van der Waals surface area contributed by atoms with Crippen LogP contribution in [0.3, 0.4) is 0 Å². The van der Waals surface area contributed by atoms with Gasteiger partial charge < -0.3 is 10.4 Å². The molecule has 5 nitrogen and oxygen atoms in total. The van der Waals surface area contributed by atoms with Gasteiger partial charge in [-0.25, -0.2) is 13.8 Å². The van der Waals surface area contributed by atoms with Crippen LogP contribution in [0.15, 0.2) is 24.4 Å². The third-order valence-electron chi connectivity index (χ3n) is 5.05. The number of aromatic nitrogens is 2. The molecule has 0 saturated carbocycles. The second-order valence-electron chi connectivity index (χ2n) is 6.53. The standard InChI is InChI=1S/C20H25F2N3O2/c1-4-15-19(20(5-2,6-3)10-9-18(26)27)25-17(12-23-15)24-16-8-7-13(21)11-14(16)22/h7-8,11-12H,4-6,9-10H2,1-3H3,(H,24,25)(H,26,27). The van der Waals surface area contributed by atoms with Gasteiger partial charge in [0.2, 0.25) is 0 Å². The van der Waals surface area contributed by atoms with Gasteiger partial charge in [0.25, 0.3) is 0 Å². The number of aliphatic carboxylic acids is 1. The van der Waals surface area contributed by atoms with Crippen molar-refractivity contribution in [1.29, 1.82) is 0 Å². The molecule has 2 N–H and O–H groups in total. The number of carbonyl (C=O) groups is 1. The van der Waals surface area contributed by atoms with E-state index in [2.05, 4.69) is 15.3 Å². The van der Waals surface area contributed by atoms with Gasteiger partial charge in [-0.3, -0.25) is 9.78 Å². The number of nitrogens with zero attached hydrogens (tertiary/aromatic N) is 2. The number of carboxylic acids is 1. The largest absolute Gasteiger partial charge is 0.481 e. The molecule has 0 atom stereocenters. The molecule has 1 heterocycles. The zero-order valence-corrected chi connectivity index (χ0v) is 15.9. The van der Waals surface area contributed by atoms with Crippen LogP contribution >= 0.6 is 0 Å². The van der Waals surface area contributed by atoms with Gasteiger partial charge in [-0.2, -0.15) is 0 Å². The number of rotatable bonds is 9. The minimum Gasteiger partial charge on any atom is -0.481 e. The van der Waals surface area contributed by atoms with E-state index in [1.807, 2.05) is 20.8 Å². The molecule has 0 fully saturated rings. The molecule has 0 bridgehead atoms. The lowest BCUT2D eigenvalue weighted by Gasteiger charge is -2.32.